The lowest BCUT2D eigenvalue weighted by molar-refractivity contribution is -0.137. The lowest BCUT2D eigenvalue weighted by atomic mass is 9.99. The van der Waals surface area contributed by atoms with Crippen molar-refractivity contribution < 1.29 is 32.6 Å². The van der Waals surface area contributed by atoms with Crippen molar-refractivity contribution in [1.82, 2.24) is 4.90 Å². The first-order valence-electron chi connectivity index (χ1n) is 11.0. The summed E-state index contributed by atoms with van der Waals surface area (Å²) in [5, 5.41) is 10.4. The minimum atomic E-state index is -4.41. The number of aliphatic hydroxyl groups excluding tert-OH is 1. The monoisotopic (exact) mass is 483 g/mol. The summed E-state index contributed by atoms with van der Waals surface area (Å²) in [6.07, 6.45) is -1.31. The van der Waals surface area contributed by atoms with Gasteiger partial charge in [0.05, 0.1) is 18.8 Å². The van der Waals surface area contributed by atoms with Crippen LogP contribution in [0.4, 0.5) is 13.2 Å². The Kier molecular flexibility index (Phi) is 8.53. The van der Waals surface area contributed by atoms with Crippen LogP contribution >= 0.6 is 11.3 Å². The summed E-state index contributed by atoms with van der Waals surface area (Å²) in [6, 6.07) is 8.69. The number of benzene rings is 1. The number of carbonyl (C=O) groups excluding carboxylic acids is 2. The lowest BCUT2D eigenvalue weighted by Crippen LogP contribution is -2.34. The molecule has 1 aromatic heterocycles. The maximum absolute atomic E-state index is 12.9. The topological polar surface area (TPSA) is 66.8 Å². The fourth-order valence-corrected chi connectivity index (χ4v) is 5.15. The van der Waals surface area contributed by atoms with Crippen LogP contribution in [-0.2, 0) is 28.5 Å². The van der Waals surface area contributed by atoms with Gasteiger partial charge in [0.15, 0.2) is 0 Å². The van der Waals surface area contributed by atoms with Gasteiger partial charge in [-0.3, -0.25) is 4.79 Å². The maximum Gasteiger partial charge on any atom is 0.416 e. The molecular formula is C24H28F3NO4S. The number of alkyl halides is 3. The van der Waals surface area contributed by atoms with Gasteiger partial charge in [-0.1, -0.05) is 18.2 Å². The standard InChI is InChI=1S/C24H28F3NO4S/c1-32-23(31)21-11-10-20(33-21)6-3-13-28-18(8-12-22(28)30)7-9-19(29)15-16-4-2-5-17(14-16)24(25,26)27/h2,4-5,10-11,14,18-19,29H,3,6-9,12-13,15H2,1H3/t18-,19+/m0/s1. The SMILES string of the molecule is COC(=O)c1ccc(CCCN2C(=O)CC[C@@H]2CC[C@@H](O)Cc2cccc(C(F)(F)F)c2)s1. The van der Waals surface area contributed by atoms with Crippen LogP contribution in [0.2, 0.25) is 0 Å². The predicted octanol–water partition coefficient (Wildman–Crippen LogP) is 4.86. The summed E-state index contributed by atoms with van der Waals surface area (Å²) in [5.74, 6) is -0.265. The van der Waals surface area contributed by atoms with E-state index >= 15 is 0 Å². The number of carbonyl (C=O) groups is 2. The van der Waals surface area contributed by atoms with E-state index in [9.17, 15) is 27.9 Å². The summed E-state index contributed by atoms with van der Waals surface area (Å²) in [4.78, 5) is 27.3. The van der Waals surface area contributed by atoms with Crippen molar-refractivity contribution >= 4 is 23.2 Å². The molecule has 0 unspecified atom stereocenters. The summed E-state index contributed by atoms with van der Waals surface area (Å²) in [5.41, 5.74) is -0.275. The molecule has 2 heterocycles. The van der Waals surface area contributed by atoms with Gasteiger partial charge in [-0.25, -0.2) is 4.79 Å². The first-order valence-corrected chi connectivity index (χ1v) is 11.8. The Morgan fingerprint density at radius 1 is 1.30 bits per heavy atom. The van der Waals surface area contributed by atoms with Crippen LogP contribution in [0, 0.1) is 0 Å². The third-order valence-electron chi connectivity index (χ3n) is 5.88. The van der Waals surface area contributed by atoms with Crippen LogP contribution in [0.5, 0.6) is 0 Å². The van der Waals surface area contributed by atoms with Gasteiger partial charge in [0.1, 0.15) is 4.88 Å². The number of methoxy groups -OCH3 is 1. The van der Waals surface area contributed by atoms with Crippen LogP contribution in [0.25, 0.3) is 0 Å². The number of aliphatic hydroxyl groups is 1. The van der Waals surface area contributed by atoms with Crippen LogP contribution in [-0.4, -0.2) is 47.7 Å². The highest BCUT2D eigenvalue weighted by Crippen LogP contribution is 2.30. The molecule has 9 heteroatoms. The predicted molar refractivity (Wildman–Crippen MR) is 119 cm³/mol. The highest BCUT2D eigenvalue weighted by Gasteiger charge is 2.32. The number of aryl methyl sites for hydroxylation is 1. The molecule has 1 aliphatic heterocycles. The first-order chi connectivity index (χ1) is 15.7. The molecule has 0 radical (unpaired) electrons. The Morgan fingerprint density at radius 2 is 2.09 bits per heavy atom. The van der Waals surface area contributed by atoms with E-state index < -0.39 is 17.8 Å². The van der Waals surface area contributed by atoms with E-state index in [1.807, 2.05) is 11.0 Å². The summed E-state index contributed by atoms with van der Waals surface area (Å²) in [6.45, 7) is 0.596. The van der Waals surface area contributed by atoms with E-state index in [1.165, 1.54) is 24.5 Å². The third kappa shape index (κ3) is 7.04. The number of amides is 1. The van der Waals surface area contributed by atoms with Crippen molar-refractivity contribution in [2.75, 3.05) is 13.7 Å². The van der Waals surface area contributed by atoms with Crippen LogP contribution in [0.3, 0.4) is 0 Å². The average Bonchev–Trinajstić information content (AvgIpc) is 3.38. The fraction of sp³-hybridized carbons (Fsp3) is 0.500. The van der Waals surface area contributed by atoms with E-state index in [4.69, 9.17) is 4.74 Å². The molecule has 2 atom stereocenters. The molecule has 0 spiro atoms. The number of halogens is 3. The Bertz CT molecular complexity index is 959. The molecule has 0 aliphatic carbocycles. The van der Waals surface area contributed by atoms with Crippen molar-refractivity contribution in [2.45, 2.75) is 63.3 Å². The molecule has 0 bridgehead atoms. The van der Waals surface area contributed by atoms with Gasteiger partial charge in [-0.2, -0.15) is 13.2 Å². The molecule has 1 saturated heterocycles. The van der Waals surface area contributed by atoms with Gasteiger partial charge < -0.3 is 14.7 Å². The van der Waals surface area contributed by atoms with Crippen LogP contribution < -0.4 is 0 Å². The second kappa shape index (κ2) is 11.2. The molecule has 0 saturated carbocycles. The highest BCUT2D eigenvalue weighted by atomic mass is 32.1. The van der Waals surface area contributed by atoms with E-state index in [0.717, 1.165) is 36.3 Å². The number of likely N-dealkylation sites (tertiary alicyclic amines) is 1. The zero-order valence-electron chi connectivity index (χ0n) is 18.4. The van der Waals surface area contributed by atoms with E-state index in [1.54, 1.807) is 12.1 Å². The zero-order chi connectivity index (χ0) is 24.0. The molecule has 5 nitrogen and oxygen atoms in total. The zero-order valence-corrected chi connectivity index (χ0v) is 19.3. The molecule has 1 aromatic carbocycles. The molecule has 2 aromatic rings. The second-order valence-electron chi connectivity index (χ2n) is 8.27. The van der Waals surface area contributed by atoms with Crippen molar-refractivity contribution in [3.63, 3.8) is 0 Å². The summed E-state index contributed by atoms with van der Waals surface area (Å²) >= 11 is 1.39. The number of ether oxygens (including phenoxy) is 1. The molecule has 1 N–H and O–H groups in total. The Balaban J connectivity index is 1.46. The summed E-state index contributed by atoms with van der Waals surface area (Å²) in [7, 11) is 1.34. The van der Waals surface area contributed by atoms with Gasteiger partial charge >= 0.3 is 12.1 Å². The number of rotatable bonds is 10. The van der Waals surface area contributed by atoms with Crippen LogP contribution in [0.1, 0.15) is 57.8 Å². The van der Waals surface area contributed by atoms with Gasteiger partial charge in [0, 0.05) is 23.9 Å². The largest absolute Gasteiger partial charge is 0.465 e. The molecule has 1 amide bonds. The number of hydrogen-bond acceptors (Lipinski definition) is 5. The maximum atomic E-state index is 12.9. The first kappa shape index (κ1) is 25.2. The Labute approximate surface area is 195 Å². The molecule has 1 aliphatic rings. The number of esters is 1. The van der Waals surface area contributed by atoms with Crippen molar-refractivity contribution in [2.24, 2.45) is 0 Å². The molecule has 33 heavy (non-hydrogen) atoms. The molecule has 1 fully saturated rings. The number of nitrogens with zero attached hydrogens (tertiary/aromatic N) is 1. The normalized spacial score (nSPS) is 17.4. The van der Waals surface area contributed by atoms with Gasteiger partial charge in [0.2, 0.25) is 5.91 Å². The lowest BCUT2D eigenvalue weighted by Gasteiger charge is -2.25. The fourth-order valence-electron chi connectivity index (χ4n) is 4.18. The Morgan fingerprint density at radius 3 is 2.82 bits per heavy atom. The number of thiophene rings is 1. The van der Waals surface area contributed by atoms with Gasteiger partial charge in [-0.05, 0) is 62.3 Å². The van der Waals surface area contributed by atoms with Gasteiger partial charge in [0.25, 0.3) is 0 Å². The van der Waals surface area contributed by atoms with Crippen molar-refractivity contribution in [3.05, 3.63) is 57.3 Å². The van der Waals surface area contributed by atoms with Crippen molar-refractivity contribution in [1.29, 1.82) is 0 Å². The minimum absolute atomic E-state index is 0.0302. The highest BCUT2D eigenvalue weighted by molar-refractivity contribution is 7.13. The second-order valence-corrected chi connectivity index (χ2v) is 9.44. The van der Waals surface area contributed by atoms with Gasteiger partial charge in [-0.15, -0.1) is 11.3 Å². The minimum Gasteiger partial charge on any atom is -0.465 e. The third-order valence-corrected chi connectivity index (χ3v) is 7.01. The number of hydrogen-bond donors (Lipinski definition) is 1. The Hall–Kier alpha value is -2.39. The molecule has 3 rings (SSSR count). The quantitative estimate of drug-likeness (QED) is 0.490. The van der Waals surface area contributed by atoms with Crippen molar-refractivity contribution in [3.8, 4) is 0 Å². The smallest absolute Gasteiger partial charge is 0.416 e. The van der Waals surface area contributed by atoms with E-state index in [0.29, 0.717) is 36.2 Å². The summed E-state index contributed by atoms with van der Waals surface area (Å²) < 4.78 is 43.4. The average molecular weight is 484 g/mol. The molecule has 180 valence electrons. The van der Waals surface area contributed by atoms with E-state index in [2.05, 4.69) is 0 Å². The van der Waals surface area contributed by atoms with Crippen LogP contribution in [0.15, 0.2) is 36.4 Å². The molecular weight excluding hydrogens is 455 g/mol. The van der Waals surface area contributed by atoms with E-state index in [-0.39, 0.29) is 24.3 Å².